The number of nitrogens with zero attached hydrogens (tertiary/aromatic N) is 4. The summed E-state index contributed by atoms with van der Waals surface area (Å²) in [6.45, 7) is 1.28. The molecule has 1 N–H and O–H groups in total. The molecule has 168 valence electrons. The summed E-state index contributed by atoms with van der Waals surface area (Å²) in [7, 11) is -3.59. The summed E-state index contributed by atoms with van der Waals surface area (Å²) in [6.07, 6.45) is 5.06. The lowest BCUT2D eigenvalue weighted by Crippen LogP contribution is -2.36. The number of nitro groups is 1. The Morgan fingerprint density at radius 1 is 1.25 bits per heavy atom. The summed E-state index contributed by atoms with van der Waals surface area (Å²) in [5, 5.41) is 21.2. The molecule has 1 saturated heterocycles. The molecule has 0 atom stereocenters. The average Bonchev–Trinajstić information content (AvgIpc) is 3.16. The molecule has 1 aliphatic rings. The zero-order chi connectivity index (χ0) is 23.0. The zero-order valence-corrected chi connectivity index (χ0v) is 18.2. The first-order valence-electron chi connectivity index (χ1n) is 10.0. The molecule has 0 spiro atoms. The van der Waals surface area contributed by atoms with Gasteiger partial charge in [-0.05, 0) is 42.5 Å². The molecule has 1 amide bonds. The molecule has 11 heteroatoms. The highest BCUT2D eigenvalue weighted by molar-refractivity contribution is 7.90. The van der Waals surface area contributed by atoms with E-state index in [0.717, 1.165) is 30.7 Å². The fourth-order valence-electron chi connectivity index (χ4n) is 4.13. The summed E-state index contributed by atoms with van der Waals surface area (Å²) >= 11 is 0. The molecule has 4 rings (SSSR count). The van der Waals surface area contributed by atoms with Crippen LogP contribution in [-0.2, 0) is 16.4 Å². The van der Waals surface area contributed by atoms with Crippen molar-refractivity contribution >= 4 is 32.5 Å². The maximum Gasteiger partial charge on any atom is 0.407 e. The maximum absolute atomic E-state index is 11.9. The van der Waals surface area contributed by atoms with Gasteiger partial charge in [-0.2, -0.15) is 0 Å². The molecule has 0 bridgehead atoms. The Morgan fingerprint density at radius 2 is 1.97 bits per heavy atom. The van der Waals surface area contributed by atoms with E-state index in [1.165, 1.54) is 11.0 Å². The second-order valence-corrected chi connectivity index (χ2v) is 10.00. The van der Waals surface area contributed by atoms with Gasteiger partial charge in [0.15, 0.2) is 9.84 Å². The van der Waals surface area contributed by atoms with Gasteiger partial charge in [-0.3, -0.25) is 15.1 Å². The van der Waals surface area contributed by atoms with E-state index in [0.29, 0.717) is 36.2 Å². The van der Waals surface area contributed by atoms with Crippen molar-refractivity contribution in [3.63, 3.8) is 0 Å². The highest BCUT2D eigenvalue weighted by Crippen LogP contribution is 2.31. The predicted octanol–water partition coefficient (Wildman–Crippen LogP) is 3.25. The minimum Gasteiger partial charge on any atom is -0.465 e. The van der Waals surface area contributed by atoms with Crippen LogP contribution in [0.4, 0.5) is 10.5 Å². The topological polar surface area (TPSA) is 136 Å². The number of hydrogen-bond donors (Lipinski definition) is 1. The Hall–Kier alpha value is -3.47. The third kappa shape index (κ3) is 4.28. The van der Waals surface area contributed by atoms with E-state index >= 15 is 0 Å². The predicted molar refractivity (Wildman–Crippen MR) is 117 cm³/mol. The quantitative estimate of drug-likeness (QED) is 0.458. The first kappa shape index (κ1) is 21.8. The summed E-state index contributed by atoms with van der Waals surface area (Å²) in [6, 6.07) is 8.01. The fraction of sp³-hybridized carbons (Fsp3) is 0.333. The normalized spacial score (nSPS) is 15.2. The Morgan fingerprint density at radius 3 is 2.53 bits per heavy atom. The van der Waals surface area contributed by atoms with Crippen LogP contribution in [0.15, 0.2) is 47.6 Å². The van der Waals surface area contributed by atoms with Gasteiger partial charge in [-0.1, -0.05) is 6.07 Å². The van der Waals surface area contributed by atoms with Crippen LogP contribution >= 0.6 is 0 Å². The molecule has 2 aromatic heterocycles. The van der Waals surface area contributed by atoms with Crippen LogP contribution in [0, 0.1) is 10.1 Å². The fourth-order valence-corrected chi connectivity index (χ4v) is 4.80. The van der Waals surface area contributed by atoms with Gasteiger partial charge in [0.2, 0.25) is 0 Å². The first-order valence-corrected chi connectivity index (χ1v) is 11.9. The number of pyridine rings is 1. The number of nitro benzene ring substituents is 1. The average molecular weight is 458 g/mol. The molecule has 32 heavy (non-hydrogen) atoms. The number of sulfone groups is 1. The van der Waals surface area contributed by atoms with Gasteiger partial charge in [0.05, 0.1) is 22.1 Å². The molecule has 0 saturated carbocycles. The van der Waals surface area contributed by atoms with Crippen LogP contribution in [0.25, 0.3) is 10.9 Å². The molecule has 1 fully saturated rings. The minimum absolute atomic E-state index is 0.0918. The number of likely N-dealkylation sites (tertiary alicyclic amines) is 1. The number of hydrogen-bond acceptors (Lipinski definition) is 6. The van der Waals surface area contributed by atoms with Gasteiger partial charge >= 0.3 is 6.09 Å². The minimum atomic E-state index is -3.59. The van der Waals surface area contributed by atoms with Crippen molar-refractivity contribution in [3.05, 3.63) is 64.1 Å². The van der Waals surface area contributed by atoms with E-state index in [9.17, 15) is 23.3 Å². The number of rotatable bonds is 5. The van der Waals surface area contributed by atoms with E-state index in [1.807, 2.05) is 12.1 Å². The third-order valence-corrected chi connectivity index (χ3v) is 6.95. The van der Waals surface area contributed by atoms with Gasteiger partial charge in [0, 0.05) is 43.2 Å². The monoisotopic (exact) mass is 458 g/mol. The lowest BCUT2D eigenvalue weighted by Gasteiger charge is -2.30. The van der Waals surface area contributed by atoms with Crippen molar-refractivity contribution in [1.82, 2.24) is 14.5 Å². The summed E-state index contributed by atoms with van der Waals surface area (Å²) in [4.78, 5) is 27.9. The molecule has 10 nitrogen and oxygen atoms in total. The van der Waals surface area contributed by atoms with E-state index in [1.54, 1.807) is 23.0 Å². The van der Waals surface area contributed by atoms with Crippen LogP contribution in [0.5, 0.6) is 0 Å². The lowest BCUT2D eigenvalue weighted by molar-refractivity contribution is -0.383. The summed E-state index contributed by atoms with van der Waals surface area (Å²) in [5.74, 6) is 0.245. The Kier molecular flexibility index (Phi) is 5.59. The maximum atomic E-state index is 11.9. The Bertz CT molecular complexity index is 1290. The molecule has 3 heterocycles. The number of carbonyl (C=O) groups is 1. The number of piperidine rings is 1. The van der Waals surface area contributed by atoms with Gasteiger partial charge in [0.25, 0.3) is 5.69 Å². The van der Waals surface area contributed by atoms with Crippen LogP contribution in [0.3, 0.4) is 0 Å². The van der Waals surface area contributed by atoms with Crippen molar-refractivity contribution in [2.75, 3.05) is 19.3 Å². The van der Waals surface area contributed by atoms with E-state index in [4.69, 9.17) is 5.11 Å². The third-order valence-electron chi connectivity index (χ3n) is 5.86. The molecule has 3 aromatic rings. The van der Waals surface area contributed by atoms with Crippen LogP contribution in [-0.4, -0.2) is 58.3 Å². The summed E-state index contributed by atoms with van der Waals surface area (Å²) in [5.41, 5.74) is 1.82. The van der Waals surface area contributed by atoms with Gasteiger partial charge in [-0.15, -0.1) is 0 Å². The van der Waals surface area contributed by atoms with Gasteiger partial charge < -0.3 is 14.6 Å². The van der Waals surface area contributed by atoms with Gasteiger partial charge in [-0.25, -0.2) is 13.2 Å². The van der Waals surface area contributed by atoms with E-state index in [-0.39, 0.29) is 16.5 Å². The first-order chi connectivity index (χ1) is 15.1. The lowest BCUT2D eigenvalue weighted by atomic mass is 9.90. The largest absolute Gasteiger partial charge is 0.465 e. The Balaban J connectivity index is 1.58. The number of non-ortho nitro benzene ring substituents is 1. The standard InChI is InChI=1S/C21H22N4O6S/c1-32(30,31)18-10-15-6-9-24(20(15)19(11-18)25(28)29)13-17-3-2-16(12-22-17)14-4-7-23(8-5-14)21(26)27/h2-3,6,9-12,14H,4-5,7-8,13H2,1H3,(H,26,27). The molecular weight excluding hydrogens is 436 g/mol. The molecule has 1 aromatic carbocycles. The second kappa shape index (κ2) is 8.23. The highest BCUT2D eigenvalue weighted by Gasteiger charge is 2.24. The number of aromatic nitrogens is 2. The SMILES string of the molecule is CS(=O)(=O)c1cc([N+](=O)[O-])c2c(ccn2Cc2ccc(C3CCN(C(=O)O)CC3)cn2)c1. The van der Waals surface area contributed by atoms with Crippen molar-refractivity contribution < 1.29 is 23.2 Å². The van der Waals surface area contributed by atoms with Gasteiger partial charge in [0.1, 0.15) is 5.52 Å². The van der Waals surface area contributed by atoms with Crippen LogP contribution in [0.1, 0.15) is 30.0 Å². The highest BCUT2D eigenvalue weighted by atomic mass is 32.2. The number of amides is 1. The van der Waals surface area contributed by atoms with Crippen molar-refractivity contribution in [3.8, 4) is 0 Å². The molecule has 0 unspecified atom stereocenters. The van der Waals surface area contributed by atoms with E-state index < -0.39 is 20.9 Å². The van der Waals surface area contributed by atoms with E-state index in [2.05, 4.69) is 4.98 Å². The zero-order valence-electron chi connectivity index (χ0n) is 17.3. The molecular formula is C21H22N4O6S. The van der Waals surface area contributed by atoms with Crippen molar-refractivity contribution in [2.24, 2.45) is 0 Å². The summed E-state index contributed by atoms with van der Waals surface area (Å²) < 4.78 is 25.5. The number of benzene rings is 1. The second-order valence-electron chi connectivity index (χ2n) is 7.98. The molecule has 0 radical (unpaired) electrons. The number of carboxylic acid groups (broad SMARTS) is 1. The Labute approximate surface area is 184 Å². The molecule has 0 aliphatic carbocycles. The molecule has 1 aliphatic heterocycles. The van der Waals surface area contributed by atoms with Crippen molar-refractivity contribution in [2.45, 2.75) is 30.2 Å². The van der Waals surface area contributed by atoms with Crippen LogP contribution < -0.4 is 0 Å². The van der Waals surface area contributed by atoms with Crippen molar-refractivity contribution in [1.29, 1.82) is 0 Å². The number of fused-ring (bicyclic) bond motifs is 1. The smallest absolute Gasteiger partial charge is 0.407 e. The van der Waals surface area contributed by atoms with Crippen LogP contribution in [0.2, 0.25) is 0 Å².